The minimum Gasteiger partial charge on any atom is -0.496 e. The van der Waals surface area contributed by atoms with Crippen LogP contribution in [-0.4, -0.2) is 23.2 Å². The summed E-state index contributed by atoms with van der Waals surface area (Å²) in [6.45, 7) is 0. The number of carbonyl (C=O) groups is 1. The van der Waals surface area contributed by atoms with E-state index in [4.69, 9.17) is 10.5 Å². The number of carbonyl (C=O) groups excluding carboxylic acids is 1. The standard InChI is InChI=1S/C10H10N4O2S/c1-16-7-5-3-2-4-6(7)8(15)12-10-14-13-9(11)17-10/h2-5H,1H3,(H2,11,13)(H,12,14,15). The van der Waals surface area contributed by atoms with Crippen LogP contribution in [0.15, 0.2) is 24.3 Å². The highest BCUT2D eigenvalue weighted by Gasteiger charge is 2.13. The lowest BCUT2D eigenvalue weighted by atomic mass is 10.2. The molecule has 0 spiro atoms. The van der Waals surface area contributed by atoms with Gasteiger partial charge in [-0.25, -0.2) is 0 Å². The fourth-order valence-corrected chi connectivity index (χ4v) is 1.79. The maximum atomic E-state index is 11.9. The molecule has 0 bridgehead atoms. The number of methoxy groups -OCH3 is 1. The number of hydrogen-bond donors (Lipinski definition) is 2. The maximum Gasteiger partial charge on any atom is 0.261 e. The first-order chi connectivity index (χ1) is 8.20. The molecular formula is C10H10N4O2S. The van der Waals surface area contributed by atoms with E-state index in [-0.39, 0.29) is 5.91 Å². The molecule has 0 radical (unpaired) electrons. The largest absolute Gasteiger partial charge is 0.496 e. The van der Waals surface area contributed by atoms with E-state index in [0.717, 1.165) is 11.3 Å². The Kier molecular flexibility index (Phi) is 3.20. The molecule has 0 atom stereocenters. The molecule has 7 heteroatoms. The first kappa shape index (κ1) is 11.3. The van der Waals surface area contributed by atoms with Gasteiger partial charge in [-0.05, 0) is 12.1 Å². The van der Waals surface area contributed by atoms with Gasteiger partial charge >= 0.3 is 0 Å². The molecule has 1 aromatic carbocycles. The van der Waals surface area contributed by atoms with Crippen molar-refractivity contribution in [2.45, 2.75) is 0 Å². The van der Waals surface area contributed by atoms with Crippen molar-refractivity contribution in [1.29, 1.82) is 0 Å². The monoisotopic (exact) mass is 250 g/mol. The van der Waals surface area contributed by atoms with Gasteiger partial charge in [0.25, 0.3) is 5.91 Å². The third-order valence-corrected chi connectivity index (χ3v) is 2.68. The number of nitrogens with two attached hydrogens (primary N) is 1. The second-order valence-electron chi connectivity index (χ2n) is 3.10. The minimum absolute atomic E-state index is 0.306. The van der Waals surface area contributed by atoms with Crippen molar-refractivity contribution in [3.05, 3.63) is 29.8 Å². The summed E-state index contributed by atoms with van der Waals surface area (Å²) in [6, 6.07) is 6.92. The number of nitrogens with one attached hydrogen (secondary N) is 1. The Morgan fingerprint density at radius 2 is 2.18 bits per heavy atom. The lowest BCUT2D eigenvalue weighted by Crippen LogP contribution is -2.12. The second kappa shape index (κ2) is 4.79. The molecule has 0 saturated carbocycles. The summed E-state index contributed by atoms with van der Waals surface area (Å²) in [5.41, 5.74) is 5.85. The quantitative estimate of drug-likeness (QED) is 0.858. The Morgan fingerprint density at radius 3 is 2.82 bits per heavy atom. The second-order valence-corrected chi connectivity index (χ2v) is 4.11. The van der Waals surface area contributed by atoms with Crippen molar-refractivity contribution in [3.8, 4) is 5.75 Å². The van der Waals surface area contributed by atoms with Gasteiger partial charge in [0.1, 0.15) is 5.75 Å². The molecule has 0 saturated heterocycles. The molecule has 17 heavy (non-hydrogen) atoms. The predicted molar refractivity (Wildman–Crippen MR) is 65.3 cm³/mol. The van der Waals surface area contributed by atoms with Crippen LogP contribution in [0.4, 0.5) is 10.3 Å². The molecule has 0 aliphatic heterocycles. The molecule has 1 aromatic heterocycles. The summed E-state index contributed by atoms with van der Waals surface area (Å²) in [7, 11) is 1.51. The molecule has 2 rings (SSSR count). The molecule has 0 unspecified atom stereocenters. The number of hydrogen-bond acceptors (Lipinski definition) is 6. The predicted octanol–water partition coefficient (Wildman–Crippen LogP) is 1.38. The van der Waals surface area contributed by atoms with Gasteiger partial charge < -0.3 is 10.5 Å². The molecule has 3 N–H and O–H groups in total. The van der Waals surface area contributed by atoms with E-state index in [1.807, 2.05) is 0 Å². The van der Waals surface area contributed by atoms with Crippen molar-refractivity contribution in [1.82, 2.24) is 10.2 Å². The molecule has 0 aliphatic rings. The van der Waals surface area contributed by atoms with Gasteiger partial charge in [-0.1, -0.05) is 23.5 Å². The lowest BCUT2D eigenvalue weighted by molar-refractivity contribution is 0.102. The third-order valence-electron chi connectivity index (χ3n) is 2.01. The Bertz CT molecular complexity index is 541. The lowest BCUT2D eigenvalue weighted by Gasteiger charge is -2.06. The van der Waals surface area contributed by atoms with Crippen LogP contribution in [0.5, 0.6) is 5.75 Å². The van der Waals surface area contributed by atoms with Crippen LogP contribution >= 0.6 is 11.3 Å². The van der Waals surface area contributed by atoms with Gasteiger partial charge in [0.05, 0.1) is 12.7 Å². The van der Waals surface area contributed by atoms with Gasteiger partial charge in [-0.15, -0.1) is 10.2 Å². The van der Waals surface area contributed by atoms with E-state index >= 15 is 0 Å². The van der Waals surface area contributed by atoms with Crippen LogP contribution in [0.2, 0.25) is 0 Å². The van der Waals surface area contributed by atoms with E-state index in [2.05, 4.69) is 15.5 Å². The summed E-state index contributed by atoms with van der Waals surface area (Å²) in [4.78, 5) is 11.9. The Labute approximate surface area is 101 Å². The van der Waals surface area contributed by atoms with Crippen LogP contribution in [0.25, 0.3) is 0 Å². The Morgan fingerprint density at radius 1 is 1.41 bits per heavy atom. The van der Waals surface area contributed by atoms with Gasteiger partial charge in [0, 0.05) is 0 Å². The maximum absolute atomic E-state index is 11.9. The SMILES string of the molecule is COc1ccccc1C(=O)Nc1nnc(N)s1. The zero-order valence-corrected chi connectivity index (χ0v) is 9.82. The topological polar surface area (TPSA) is 90.1 Å². The average molecular weight is 250 g/mol. The van der Waals surface area contributed by atoms with E-state index in [9.17, 15) is 4.79 Å². The number of nitrogen functional groups attached to an aromatic ring is 1. The summed E-state index contributed by atoms with van der Waals surface area (Å²) in [5.74, 6) is 0.195. The number of amides is 1. The van der Waals surface area contributed by atoms with E-state index < -0.39 is 0 Å². The fourth-order valence-electron chi connectivity index (χ4n) is 1.28. The third kappa shape index (κ3) is 2.51. The summed E-state index contributed by atoms with van der Waals surface area (Å²) >= 11 is 1.11. The van der Waals surface area contributed by atoms with E-state index in [0.29, 0.717) is 21.6 Å². The van der Waals surface area contributed by atoms with Crippen LogP contribution in [0, 0.1) is 0 Å². The van der Waals surface area contributed by atoms with Crippen LogP contribution in [-0.2, 0) is 0 Å². The highest BCUT2D eigenvalue weighted by atomic mass is 32.1. The number of para-hydroxylation sites is 1. The average Bonchev–Trinajstić information content (AvgIpc) is 2.74. The van der Waals surface area contributed by atoms with Gasteiger partial charge in [-0.3, -0.25) is 10.1 Å². The normalized spacial score (nSPS) is 9.94. The number of aromatic nitrogens is 2. The zero-order chi connectivity index (χ0) is 12.3. The van der Waals surface area contributed by atoms with E-state index in [1.165, 1.54) is 7.11 Å². The highest BCUT2D eigenvalue weighted by Crippen LogP contribution is 2.21. The summed E-state index contributed by atoms with van der Waals surface area (Å²) < 4.78 is 5.09. The fraction of sp³-hybridized carbons (Fsp3) is 0.100. The van der Waals surface area contributed by atoms with Crippen LogP contribution in [0.3, 0.4) is 0 Å². The van der Waals surface area contributed by atoms with Crippen molar-refractivity contribution < 1.29 is 9.53 Å². The molecule has 6 nitrogen and oxygen atoms in total. The minimum atomic E-state index is -0.307. The Balaban J connectivity index is 2.20. The van der Waals surface area contributed by atoms with Gasteiger partial charge in [0.2, 0.25) is 10.3 Å². The smallest absolute Gasteiger partial charge is 0.261 e. The highest BCUT2D eigenvalue weighted by molar-refractivity contribution is 7.19. The molecule has 0 fully saturated rings. The number of benzene rings is 1. The number of anilines is 2. The van der Waals surface area contributed by atoms with Gasteiger partial charge in [0.15, 0.2) is 0 Å². The first-order valence-corrected chi connectivity index (χ1v) is 5.55. The van der Waals surface area contributed by atoms with E-state index in [1.54, 1.807) is 24.3 Å². The van der Waals surface area contributed by atoms with Crippen molar-refractivity contribution >= 4 is 27.5 Å². The number of rotatable bonds is 3. The zero-order valence-electron chi connectivity index (χ0n) is 9.01. The summed E-state index contributed by atoms with van der Waals surface area (Å²) in [6.07, 6.45) is 0. The number of nitrogens with zero attached hydrogens (tertiary/aromatic N) is 2. The molecule has 0 aliphatic carbocycles. The summed E-state index contributed by atoms with van der Waals surface area (Å²) in [5, 5.41) is 10.6. The van der Waals surface area contributed by atoms with Gasteiger partial charge in [-0.2, -0.15) is 0 Å². The van der Waals surface area contributed by atoms with Crippen LogP contribution in [0.1, 0.15) is 10.4 Å². The molecule has 88 valence electrons. The van der Waals surface area contributed by atoms with Crippen molar-refractivity contribution in [2.75, 3.05) is 18.2 Å². The molecule has 1 amide bonds. The Hall–Kier alpha value is -2.15. The molecular weight excluding hydrogens is 240 g/mol. The molecule has 1 heterocycles. The number of ether oxygens (including phenoxy) is 1. The first-order valence-electron chi connectivity index (χ1n) is 4.74. The van der Waals surface area contributed by atoms with Crippen molar-refractivity contribution in [2.24, 2.45) is 0 Å². The van der Waals surface area contributed by atoms with Crippen LogP contribution < -0.4 is 15.8 Å². The molecule has 2 aromatic rings. The van der Waals surface area contributed by atoms with Crippen molar-refractivity contribution in [3.63, 3.8) is 0 Å².